The van der Waals surface area contributed by atoms with Crippen LogP contribution in [0.5, 0.6) is 11.5 Å². The van der Waals surface area contributed by atoms with Gasteiger partial charge in [-0.15, -0.1) is 0 Å². The van der Waals surface area contributed by atoms with E-state index in [1.54, 1.807) is 16.5 Å². The zero-order valence-electron chi connectivity index (χ0n) is 19.2. The number of hydrogen-bond donors (Lipinski definition) is 2. The van der Waals surface area contributed by atoms with Crippen molar-refractivity contribution in [1.29, 1.82) is 0 Å². The van der Waals surface area contributed by atoms with E-state index in [0.29, 0.717) is 39.2 Å². The number of imidazole rings is 1. The van der Waals surface area contributed by atoms with Crippen LogP contribution in [0.15, 0.2) is 42.6 Å². The largest absolute Gasteiger partial charge is 0.497 e. The first-order valence-electron chi connectivity index (χ1n) is 10.5. The number of nitrogens with two attached hydrogens (primary N) is 1. The van der Waals surface area contributed by atoms with Gasteiger partial charge >= 0.3 is 0 Å². The van der Waals surface area contributed by atoms with Gasteiger partial charge in [0.25, 0.3) is 5.91 Å². The van der Waals surface area contributed by atoms with E-state index >= 15 is 0 Å². The third-order valence-corrected chi connectivity index (χ3v) is 5.96. The Kier molecular flexibility index (Phi) is 6.34. The van der Waals surface area contributed by atoms with E-state index in [1.165, 1.54) is 19.4 Å². The predicted molar refractivity (Wildman–Crippen MR) is 131 cm³/mol. The van der Waals surface area contributed by atoms with Gasteiger partial charge in [0.2, 0.25) is 0 Å². The number of anilines is 2. The summed E-state index contributed by atoms with van der Waals surface area (Å²) in [6.07, 6.45) is 1.35. The lowest BCUT2D eigenvalue weighted by Gasteiger charge is -2.18. The van der Waals surface area contributed by atoms with Crippen molar-refractivity contribution in [1.82, 2.24) is 9.38 Å². The molecule has 2 aromatic carbocycles. The summed E-state index contributed by atoms with van der Waals surface area (Å²) in [6.45, 7) is 5.41. The normalized spacial score (nSPS) is 11.0. The highest BCUT2D eigenvalue weighted by atomic mass is 35.5. The highest BCUT2D eigenvalue weighted by Gasteiger charge is 2.23. The molecule has 176 valence electrons. The van der Waals surface area contributed by atoms with E-state index in [1.807, 2.05) is 39.0 Å². The smallest absolute Gasteiger partial charge is 0.255 e. The maximum atomic E-state index is 14.3. The Bertz CT molecular complexity index is 1420. The summed E-state index contributed by atoms with van der Waals surface area (Å²) in [5.41, 5.74) is 10.3. The Morgan fingerprint density at radius 1 is 1.18 bits per heavy atom. The molecule has 0 aliphatic carbocycles. The van der Waals surface area contributed by atoms with Crippen molar-refractivity contribution >= 4 is 34.7 Å². The van der Waals surface area contributed by atoms with Gasteiger partial charge in [0.05, 0.1) is 7.11 Å². The molecule has 4 rings (SSSR count). The third-order valence-electron chi connectivity index (χ3n) is 5.55. The number of nitrogens with zero attached hydrogens (tertiary/aromatic N) is 2. The Morgan fingerprint density at radius 3 is 2.65 bits per heavy atom. The number of halogens is 2. The lowest BCUT2D eigenvalue weighted by Crippen LogP contribution is -2.20. The van der Waals surface area contributed by atoms with Gasteiger partial charge in [-0.05, 0) is 61.7 Å². The molecule has 3 N–H and O–H groups in total. The molecule has 7 nitrogen and oxygen atoms in total. The Morgan fingerprint density at radius 2 is 1.94 bits per heavy atom. The van der Waals surface area contributed by atoms with Gasteiger partial charge in [0.15, 0.2) is 6.61 Å². The molecular weight excluding hydrogens is 459 g/mol. The molecule has 2 aromatic heterocycles. The highest BCUT2D eigenvalue weighted by Crippen LogP contribution is 2.42. The molecule has 34 heavy (non-hydrogen) atoms. The van der Waals surface area contributed by atoms with Gasteiger partial charge in [-0.2, -0.15) is 0 Å². The van der Waals surface area contributed by atoms with Crippen molar-refractivity contribution in [3.05, 3.63) is 70.1 Å². The molecule has 0 fully saturated rings. The van der Waals surface area contributed by atoms with Crippen LogP contribution in [0.3, 0.4) is 0 Å². The van der Waals surface area contributed by atoms with Crippen LogP contribution in [-0.4, -0.2) is 29.0 Å². The quantitative estimate of drug-likeness (QED) is 0.371. The Balaban J connectivity index is 1.99. The van der Waals surface area contributed by atoms with Gasteiger partial charge in [0, 0.05) is 28.5 Å². The van der Waals surface area contributed by atoms with Crippen LogP contribution in [0.4, 0.5) is 15.9 Å². The number of benzene rings is 2. The topological polar surface area (TPSA) is 90.9 Å². The highest BCUT2D eigenvalue weighted by molar-refractivity contribution is 6.31. The summed E-state index contributed by atoms with van der Waals surface area (Å²) in [5.74, 6) is 0.386. The molecule has 0 spiro atoms. The number of carbonyl (C=O) groups is 1. The minimum absolute atomic E-state index is 0.323. The first-order chi connectivity index (χ1) is 16.2. The number of rotatable bonds is 7. The number of aryl methyl sites for hydroxylation is 2. The van der Waals surface area contributed by atoms with Crippen LogP contribution >= 0.6 is 11.6 Å². The minimum atomic E-state index is -0.618. The number of fused-ring (bicyclic) bond motifs is 1. The van der Waals surface area contributed by atoms with Gasteiger partial charge in [-0.3, -0.25) is 9.20 Å². The summed E-state index contributed by atoms with van der Waals surface area (Å²) < 4.78 is 27.0. The maximum Gasteiger partial charge on any atom is 0.255 e. The molecular formula is C25H24ClFN4O3. The van der Waals surface area contributed by atoms with E-state index in [9.17, 15) is 9.18 Å². The lowest BCUT2D eigenvalue weighted by atomic mass is 10.0. The van der Waals surface area contributed by atoms with Crippen molar-refractivity contribution in [3.8, 4) is 22.8 Å². The van der Waals surface area contributed by atoms with E-state index in [4.69, 9.17) is 31.8 Å². The summed E-state index contributed by atoms with van der Waals surface area (Å²) in [7, 11) is 1.54. The minimum Gasteiger partial charge on any atom is -0.497 e. The second-order valence-electron chi connectivity index (χ2n) is 7.95. The predicted octanol–water partition coefficient (Wildman–Crippen LogP) is 5.34. The standard InChI is InChI=1S/C25H24ClFN4O3/c1-13-5-7-18(26)15(3)23(13)30-25-24(29-21-8-6-16(27)11-31(21)25)22-14(2)9-17(33-4)10-19(22)34-12-20(28)32/h5-11,30H,12H2,1-4H3,(H2,28,32). The molecule has 0 radical (unpaired) electrons. The van der Waals surface area contributed by atoms with Gasteiger partial charge in [-0.1, -0.05) is 17.7 Å². The fourth-order valence-electron chi connectivity index (χ4n) is 3.85. The second-order valence-corrected chi connectivity index (χ2v) is 8.35. The summed E-state index contributed by atoms with van der Waals surface area (Å²) in [6, 6.07) is 10.2. The van der Waals surface area contributed by atoms with Crippen LogP contribution in [0.25, 0.3) is 16.9 Å². The van der Waals surface area contributed by atoms with Gasteiger partial charge < -0.3 is 20.5 Å². The second kappa shape index (κ2) is 9.23. The first kappa shape index (κ1) is 23.4. The average molecular weight is 483 g/mol. The van der Waals surface area contributed by atoms with E-state index in [2.05, 4.69) is 5.32 Å². The van der Waals surface area contributed by atoms with Crippen LogP contribution in [0, 0.1) is 26.6 Å². The third kappa shape index (κ3) is 4.36. The SMILES string of the molecule is COc1cc(C)c(-c2nc3ccc(F)cn3c2Nc2c(C)ccc(Cl)c2C)c(OCC(N)=O)c1. The number of nitrogens with one attached hydrogen (secondary N) is 1. The van der Waals surface area contributed by atoms with E-state index < -0.39 is 11.7 Å². The summed E-state index contributed by atoms with van der Waals surface area (Å²) in [5, 5.41) is 4.02. The average Bonchev–Trinajstić information content (AvgIpc) is 3.14. The number of methoxy groups -OCH3 is 1. The van der Waals surface area contributed by atoms with E-state index in [0.717, 1.165) is 22.4 Å². The zero-order chi connectivity index (χ0) is 24.6. The number of primary amides is 1. The van der Waals surface area contributed by atoms with Crippen LogP contribution in [-0.2, 0) is 4.79 Å². The van der Waals surface area contributed by atoms with Crippen LogP contribution in [0.1, 0.15) is 16.7 Å². The molecule has 0 unspecified atom stereocenters. The number of carbonyl (C=O) groups excluding carboxylic acids is 1. The molecule has 0 saturated carbocycles. The lowest BCUT2D eigenvalue weighted by molar-refractivity contribution is -0.119. The maximum absolute atomic E-state index is 14.3. The molecule has 0 bridgehead atoms. The number of pyridine rings is 1. The molecule has 4 aromatic rings. The summed E-state index contributed by atoms with van der Waals surface area (Å²) in [4.78, 5) is 16.2. The first-order valence-corrected chi connectivity index (χ1v) is 10.9. The van der Waals surface area contributed by atoms with Crippen molar-refractivity contribution in [2.75, 3.05) is 19.0 Å². The Hall–Kier alpha value is -3.78. The van der Waals surface area contributed by atoms with Gasteiger partial charge in [-0.25, -0.2) is 9.37 Å². The molecule has 0 saturated heterocycles. The van der Waals surface area contributed by atoms with Crippen molar-refractivity contribution in [2.24, 2.45) is 5.73 Å². The molecule has 0 aliphatic rings. The fraction of sp³-hybridized carbons (Fsp3) is 0.200. The number of ether oxygens (including phenoxy) is 2. The molecule has 9 heteroatoms. The van der Waals surface area contributed by atoms with Crippen molar-refractivity contribution < 1.29 is 18.7 Å². The van der Waals surface area contributed by atoms with E-state index in [-0.39, 0.29) is 6.61 Å². The number of hydrogen-bond acceptors (Lipinski definition) is 5. The Labute approximate surface area is 201 Å². The van der Waals surface area contributed by atoms with Crippen molar-refractivity contribution in [3.63, 3.8) is 0 Å². The fourth-order valence-corrected chi connectivity index (χ4v) is 4.01. The number of amides is 1. The molecule has 1 amide bonds. The monoisotopic (exact) mass is 482 g/mol. The summed E-state index contributed by atoms with van der Waals surface area (Å²) >= 11 is 6.38. The zero-order valence-corrected chi connectivity index (χ0v) is 20.0. The molecule has 0 atom stereocenters. The molecule has 0 aliphatic heterocycles. The van der Waals surface area contributed by atoms with Crippen LogP contribution < -0.4 is 20.5 Å². The van der Waals surface area contributed by atoms with Crippen LogP contribution in [0.2, 0.25) is 5.02 Å². The van der Waals surface area contributed by atoms with Gasteiger partial charge in [0.1, 0.15) is 34.5 Å². The molecule has 2 heterocycles. The number of aromatic nitrogens is 2. The van der Waals surface area contributed by atoms with Crippen molar-refractivity contribution in [2.45, 2.75) is 20.8 Å².